The maximum Gasteiger partial charge on any atom is 0.433 e. The van der Waals surface area contributed by atoms with Gasteiger partial charge in [0.05, 0.1) is 10.0 Å². The smallest absolute Gasteiger partial charge is 0.369 e. The molecule has 4 N–H and O–H groups in total. The molecule has 2 rings (SSSR count). The van der Waals surface area contributed by atoms with Gasteiger partial charge in [-0.05, 0) is 31.3 Å². The molecule has 0 spiro atoms. The highest BCUT2D eigenvalue weighted by Gasteiger charge is 2.33. The van der Waals surface area contributed by atoms with Gasteiger partial charge in [0.25, 0.3) is 5.95 Å². The van der Waals surface area contributed by atoms with E-state index in [1.54, 1.807) is 6.07 Å². The number of benzene rings is 1. The largest absolute Gasteiger partial charge is 0.433 e. The Bertz CT molecular complexity index is 887. The number of aliphatic imine (C=N–C) groups is 1. The number of hydrogen-bond acceptors (Lipinski definition) is 5. The van der Waals surface area contributed by atoms with Gasteiger partial charge in [0, 0.05) is 24.8 Å². The van der Waals surface area contributed by atoms with Crippen LogP contribution in [0, 0.1) is 0 Å². The first kappa shape index (κ1) is 24.0. The summed E-state index contributed by atoms with van der Waals surface area (Å²) in [4.78, 5) is 13.4. The average molecular weight is 464 g/mol. The van der Waals surface area contributed by atoms with Gasteiger partial charge in [-0.2, -0.15) is 23.1 Å². The summed E-state index contributed by atoms with van der Waals surface area (Å²) in [5, 5.41) is 6.21. The summed E-state index contributed by atoms with van der Waals surface area (Å²) in [6.07, 6.45) is -4.66. The van der Waals surface area contributed by atoms with Gasteiger partial charge >= 0.3 is 6.18 Å². The predicted molar refractivity (Wildman–Crippen MR) is 115 cm³/mol. The molecule has 12 heteroatoms. The van der Waals surface area contributed by atoms with Crippen LogP contribution in [0.1, 0.15) is 19.5 Å². The molecule has 0 aliphatic heterocycles. The quantitative estimate of drug-likeness (QED) is 0.390. The summed E-state index contributed by atoms with van der Waals surface area (Å²) >= 11 is 11.8. The van der Waals surface area contributed by atoms with Gasteiger partial charge < -0.3 is 21.3 Å². The molecular formula is C18H22Cl2F3N7. The molecule has 0 aliphatic carbocycles. The number of aromatic nitrogens is 2. The fraction of sp³-hybridized carbons (Fsp3) is 0.389. The number of likely N-dealkylation sites (N-methyl/N-ethyl adjacent to an activating group) is 1. The van der Waals surface area contributed by atoms with E-state index in [4.69, 9.17) is 28.9 Å². The number of hydrogen-bond donors (Lipinski definition) is 3. The van der Waals surface area contributed by atoms with Crippen molar-refractivity contribution in [1.29, 1.82) is 0 Å². The molecular weight excluding hydrogens is 442 g/mol. The minimum Gasteiger partial charge on any atom is -0.369 e. The van der Waals surface area contributed by atoms with Crippen LogP contribution in [0.4, 0.5) is 30.6 Å². The number of halogens is 5. The molecule has 0 amide bonds. The van der Waals surface area contributed by atoms with Crippen LogP contribution in [0.15, 0.2) is 29.3 Å². The van der Waals surface area contributed by atoms with Crippen LogP contribution in [-0.2, 0) is 6.18 Å². The molecule has 0 bridgehead atoms. The number of guanidine groups is 1. The summed E-state index contributed by atoms with van der Waals surface area (Å²) in [6.45, 7) is 6.75. The fourth-order valence-electron chi connectivity index (χ4n) is 2.46. The van der Waals surface area contributed by atoms with Crippen molar-refractivity contribution >= 4 is 46.6 Å². The monoisotopic (exact) mass is 463 g/mol. The van der Waals surface area contributed by atoms with Gasteiger partial charge in [0.1, 0.15) is 5.82 Å². The number of anilines is 2. The zero-order valence-corrected chi connectivity index (χ0v) is 17.9. The van der Waals surface area contributed by atoms with Gasteiger partial charge in [-0.25, -0.2) is 4.98 Å². The second-order valence-corrected chi connectivity index (χ2v) is 6.96. The van der Waals surface area contributed by atoms with Crippen molar-refractivity contribution in [1.82, 2.24) is 14.9 Å². The van der Waals surface area contributed by atoms with Crippen LogP contribution < -0.4 is 16.4 Å². The van der Waals surface area contributed by atoms with E-state index in [1.165, 1.54) is 12.1 Å². The number of nitrogens with zero attached hydrogens (tertiary/aromatic N) is 4. The Balaban J connectivity index is 2.22. The third-order valence-electron chi connectivity index (χ3n) is 4.05. The Morgan fingerprint density at radius 3 is 2.43 bits per heavy atom. The lowest BCUT2D eigenvalue weighted by molar-refractivity contribution is -0.141. The van der Waals surface area contributed by atoms with E-state index in [-0.39, 0.29) is 16.8 Å². The molecule has 1 heterocycles. The van der Waals surface area contributed by atoms with Crippen LogP contribution in [0.5, 0.6) is 0 Å². The number of rotatable bonds is 8. The van der Waals surface area contributed by atoms with Crippen molar-refractivity contribution in [3.05, 3.63) is 40.0 Å². The first-order valence-corrected chi connectivity index (χ1v) is 9.86. The molecule has 0 aliphatic rings. The maximum atomic E-state index is 13.2. The minimum absolute atomic E-state index is 0.00516. The lowest BCUT2D eigenvalue weighted by atomic mass is 10.3. The Hall–Kier alpha value is -2.30. The predicted octanol–water partition coefficient (Wildman–Crippen LogP) is 4.61. The van der Waals surface area contributed by atoms with Crippen LogP contribution in [-0.4, -0.2) is 47.0 Å². The topological polar surface area (TPSA) is 91.5 Å². The molecule has 0 fully saturated rings. The number of nitrogens with one attached hydrogen (secondary N) is 2. The standard InChI is InChI=1S/C18H22Cl2F3N7/c1-3-30(4-2)8-7-25-15-10-14(18(21,22)23)27-17(28-15)29-16(24)26-11-5-6-12(19)13(20)9-11/h5-6,9-10H,3-4,7-8H2,1-2H3,(H4,24,25,26,27,28,29). The first-order valence-electron chi connectivity index (χ1n) is 9.11. The molecule has 1 aromatic carbocycles. The zero-order valence-electron chi connectivity index (χ0n) is 16.4. The highest BCUT2D eigenvalue weighted by molar-refractivity contribution is 6.42. The van der Waals surface area contributed by atoms with E-state index in [0.29, 0.717) is 23.8 Å². The summed E-state index contributed by atoms with van der Waals surface area (Å²) in [5.74, 6) is -0.632. The fourth-order valence-corrected chi connectivity index (χ4v) is 2.76. The Morgan fingerprint density at radius 1 is 1.13 bits per heavy atom. The van der Waals surface area contributed by atoms with Crippen LogP contribution in [0.2, 0.25) is 10.0 Å². The van der Waals surface area contributed by atoms with Crippen molar-refractivity contribution in [2.75, 3.05) is 36.8 Å². The second kappa shape index (κ2) is 10.6. The summed E-state index contributed by atoms with van der Waals surface area (Å²) in [6, 6.07) is 5.46. The molecule has 1 aromatic heterocycles. The molecule has 0 saturated carbocycles. The zero-order chi connectivity index (χ0) is 22.3. The minimum atomic E-state index is -4.66. The van der Waals surface area contributed by atoms with Gasteiger partial charge in [-0.1, -0.05) is 37.0 Å². The molecule has 30 heavy (non-hydrogen) atoms. The molecule has 7 nitrogen and oxygen atoms in total. The van der Waals surface area contributed by atoms with E-state index < -0.39 is 17.8 Å². The highest BCUT2D eigenvalue weighted by atomic mass is 35.5. The Morgan fingerprint density at radius 2 is 1.83 bits per heavy atom. The van der Waals surface area contributed by atoms with Crippen molar-refractivity contribution < 1.29 is 13.2 Å². The van der Waals surface area contributed by atoms with Gasteiger partial charge in [0.2, 0.25) is 5.96 Å². The van der Waals surface area contributed by atoms with Crippen molar-refractivity contribution in [2.24, 2.45) is 10.7 Å². The third-order valence-corrected chi connectivity index (χ3v) is 4.78. The second-order valence-electron chi connectivity index (χ2n) is 6.14. The molecule has 0 radical (unpaired) electrons. The van der Waals surface area contributed by atoms with Crippen molar-refractivity contribution in [3.8, 4) is 0 Å². The van der Waals surface area contributed by atoms with Crippen LogP contribution in [0.3, 0.4) is 0 Å². The Kier molecular flexibility index (Phi) is 8.51. The third kappa shape index (κ3) is 7.19. The van der Waals surface area contributed by atoms with E-state index in [2.05, 4.69) is 30.5 Å². The molecule has 0 atom stereocenters. The SMILES string of the molecule is CCN(CC)CCNc1cc(C(F)(F)F)nc(/N=C(\N)Nc2ccc(Cl)c(Cl)c2)n1. The highest BCUT2D eigenvalue weighted by Crippen LogP contribution is 2.30. The normalized spacial score (nSPS) is 12.3. The summed E-state index contributed by atoms with van der Waals surface area (Å²) in [5.41, 5.74) is 5.12. The van der Waals surface area contributed by atoms with Gasteiger partial charge in [0.15, 0.2) is 5.69 Å². The van der Waals surface area contributed by atoms with Crippen LogP contribution >= 0.6 is 23.2 Å². The van der Waals surface area contributed by atoms with E-state index in [9.17, 15) is 13.2 Å². The van der Waals surface area contributed by atoms with E-state index in [0.717, 1.165) is 19.2 Å². The summed E-state index contributed by atoms with van der Waals surface area (Å²) < 4.78 is 39.7. The summed E-state index contributed by atoms with van der Waals surface area (Å²) in [7, 11) is 0. The molecule has 0 unspecified atom stereocenters. The van der Waals surface area contributed by atoms with E-state index >= 15 is 0 Å². The van der Waals surface area contributed by atoms with Gasteiger partial charge in [-0.15, -0.1) is 0 Å². The first-order chi connectivity index (χ1) is 14.1. The molecule has 0 saturated heterocycles. The van der Waals surface area contributed by atoms with Gasteiger partial charge in [-0.3, -0.25) is 0 Å². The van der Waals surface area contributed by atoms with Crippen molar-refractivity contribution in [2.45, 2.75) is 20.0 Å². The van der Waals surface area contributed by atoms with E-state index in [1.807, 2.05) is 13.8 Å². The lowest BCUT2D eigenvalue weighted by Gasteiger charge is -2.18. The maximum absolute atomic E-state index is 13.2. The van der Waals surface area contributed by atoms with Crippen LogP contribution in [0.25, 0.3) is 0 Å². The average Bonchev–Trinajstić information content (AvgIpc) is 2.67. The van der Waals surface area contributed by atoms with Crippen molar-refractivity contribution in [3.63, 3.8) is 0 Å². The number of nitrogens with two attached hydrogens (primary N) is 1. The number of alkyl halides is 3. The Labute approximate surface area is 182 Å². The molecule has 164 valence electrons. The molecule has 2 aromatic rings. The lowest BCUT2D eigenvalue weighted by Crippen LogP contribution is -2.28.